The maximum absolute atomic E-state index is 12.9. The van der Waals surface area contributed by atoms with Gasteiger partial charge in [-0.1, -0.05) is 12.1 Å². The molecule has 0 atom stereocenters. The van der Waals surface area contributed by atoms with Crippen molar-refractivity contribution in [3.8, 4) is 34.4 Å². The lowest BCUT2D eigenvalue weighted by molar-refractivity contribution is 0.211. The van der Waals surface area contributed by atoms with Crippen LogP contribution in [-0.4, -0.2) is 63.1 Å². The first kappa shape index (κ1) is 28.8. The summed E-state index contributed by atoms with van der Waals surface area (Å²) in [5, 5.41) is 12.4. The molecule has 1 aliphatic heterocycles. The third-order valence-electron chi connectivity index (χ3n) is 8.18. The Morgan fingerprint density at radius 1 is 0.957 bits per heavy atom. The highest BCUT2D eigenvalue weighted by Crippen LogP contribution is 2.31. The minimum atomic E-state index is -0.125. The van der Waals surface area contributed by atoms with E-state index >= 15 is 0 Å². The van der Waals surface area contributed by atoms with E-state index in [-0.39, 0.29) is 17.4 Å². The Morgan fingerprint density at radius 2 is 1.76 bits per heavy atom. The number of rotatable bonds is 7. The van der Waals surface area contributed by atoms with E-state index in [0.29, 0.717) is 45.6 Å². The van der Waals surface area contributed by atoms with Crippen molar-refractivity contribution in [2.45, 2.75) is 25.4 Å². The van der Waals surface area contributed by atoms with Crippen LogP contribution >= 0.6 is 0 Å². The molecule has 0 saturated carbocycles. The monoisotopic (exact) mass is 610 g/mol. The van der Waals surface area contributed by atoms with Crippen molar-refractivity contribution in [1.29, 1.82) is 5.26 Å². The number of nitriles is 1. The van der Waals surface area contributed by atoms with Crippen molar-refractivity contribution in [2.24, 2.45) is 7.05 Å². The number of benzene rings is 1. The number of aryl methyl sites for hydroxylation is 1. The minimum absolute atomic E-state index is 0.108. The fourth-order valence-corrected chi connectivity index (χ4v) is 5.78. The minimum Gasteiger partial charge on any atom is -0.383 e. The summed E-state index contributed by atoms with van der Waals surface area (Å²) in [6, 6.07) is 21.6. The number of nitrogen functional groups attached to an aromatic ring is 1. The number of likely N-dealkylation sites (tertiary alicyclic amines) is 1. The number of anilines is 2. The molecule has 0 aliphatic carbocycles. The molecule has 0 radical (unpaired) electrons. The average molecular weight is 611 g/mol. The summed E-state index contributed by atoms with van der Waals surface area (Å²) in [7, 11) is 1.72. The van der Waals surface area contributed by atoms with E-state index in [1.807, 2.05) is 41.0 Å². The first-order valence-electron chi connectivity index (χ1n) is 14.9. The van der Waals surface area contributed by atoms with Crippen molar-refractivity contribution < 1.29 is 0 Å². The van der Waals surface area contributed by atoms with Gasteiger partial charge in [-0.25, -0.2) is 24.9 Å². The van der Waals surface area contributed by atoms with Gasteiger partial charge in [0.1, 0.15) is 23.7 Å². The van der Waals surface area contributed by atoms with Crippen LogP contribution in [0.2, 0.25) is 0 Å². The van der Waals surface area contributed by atoms with E-state index in [1.165, 1.54) is 11.9 Å². The largest absolute Gasteiger partial charge is 0.383 e. The van der Waals surface area contributed by atoms with Crippen molar-refractivity contribution in [3.63, 3.8) is 0 Å². The molecule has 13 nitrogen and oxygen atoms in total. The Balaban J connectivity index is 1.15. The first-order chi connectivity index (χ1) is 22.5. The maximum atomic E-state index is 12.9. The van der Waals surface area contributed by atoms with Crippen LogP contribution in [0.15, 0.2) is 84.2 Å². The van der Waals surface area contributed by atoms with Crippen LogP contribution in [0, 0.1) is 11.3 Å². The highest BCUT2D eigenvalue weighted by atomic mass is 16.1. The standard InChI is InChI=1S/C33H30N12O/c1-43-15-3-5-24(32(43)46)26-10-11-27-31(40-26)45(30(41-27)25-4-2-14-36-29(25)35)23-8-6-21(7-9-23)19-44-16-12-22(13-17-44)39-33-38-20-37-28(18-34)42-33/h2-11,14-15,20,22H,12-13,16-17,19H2,1H3,(H2,35,36)(H,37,38,39,42). The molecule has 0 bridgehead atoms. The van der Waals surface area contributed by atoms with E-state index in [1.54, 1.807) is 30.1 Å². The maximum Gasteiger partial charge on any atom is 0.259 e. The number of hydrogen-bond acceptors (Lipinski definition) is 11. The molecule has 46 heavy (non-hydrogen) atoms. The number of aromatic nitrogens is 8. The predicted molar refractivity (Wildman–Crippen MR) is 174 cm³/mol. The predicted octanol–water partition coefficient (Wildman–Crippen LogP) is 3.56. The fourth-order valence-electron chi connectivity index (χ4n) is 5.78. The van der Waals surface area contributed by atoms with Gasteiger partial charge in [0, 0.05) is 50.8 Å². The van der Waals surface area contributed by atoms with Crippen molar-refractivity contribution >= 4 is 22.9 Å². The summed E-state index contributed by atoms with van der Waals surface area (Å²) >= 11 is 0. The van der Waals surface area contributed by atoms with Gasteiger partial charge in [0.15, 0.2) is 11.5 Å². The fraction of sp³-hybridized carbons (Fsp3) is 0.212. The first-order valence-corrected chi connectivity index (χ1v) is 14.9. The quantitative estimate of drug-likeness (QED) is 0.271. The van der Waals surface area contributed by atoms with Crippen LogP contribution in [0.25, 0.3) is 39.5 Å². The van der Waals surface area contributed by atoms with E-state index in [0.717, 1.165) is 38.2 Å². The van der Waals surface area contributed by atoms with E-state index < -0.39 is 0 Å². The molecule has 0 spiro atoms. The third-order valence-corrected chi connectivity index (χ3v) is 8.18. The van der Waals surface area contributed by atoms with Crippen LogP contribution < -0.4 is 16.6 Å². The van der Waals surface area contributed by atoms with Gasteiger partial charge in [0.05, 0.1) is 16.8 Å². The van der Waals surface area contributed by atoms with Gasteiger partial charge in [-0.2, -0.15) is 10.2 Å². The van der Waals surface area contributed by atoms with Gasteiger partial charge in [-0.15, -0.1) is 0 Å². The van der Waals surface area contributed by atoms with Gasteiger partial charge in [-0.3, -0.25) is 14.3 Å². The van der Waals surface area contributed by atoms with E-state index in [9.17, 15) is 4.79 Å². The molecule has 6 heterocycles. The summed E-state index contributed by atoms with van der Waals surface area (Å²) in [4.78, 5) is 41.6. The zero-order valence-electron chi connectivity index (χ0n) is 25.1. The SMILES string of the molecule is Cn1cccc(-c2ccc3nc(-c4cccnc4N)n(-c4ccc(CN5CCC(Nc6ncnc(C#N)n6)CC5)cc4)c3n2)c1=O. The molecule has 1 fully saturated rings. The zero-order valence-corrected chi connectivity index (χ0v) is 25.1. The smallest absolute Gasteiger partial charge is 0.259 e. The molecule has 5 aromatic heterocycles. The number of imidazole rings is 1. The second kappa shape index (κ2) is 12.2. The Bertz CT molecular complexity index is 2140. The normalized spacial score (nSPS) is 13.9. The van der Waals surface area contributed by atoms with Crippen LogP contribution in [-0.2, 0) is 13.6 Å². The Morgan fingerprint density at radius 3 is 2.54 bits per heavy atom. The molecule has 1 saturated heterocycles. The second-order valence-electron chi connectivity index (χ2n) is 11.2. The molecule has 228 valence electrons. The molecule has 3 N–H and O–H groups in total. The van der Waals surface area contributed by atoms with Crippen LogP contribution in [0.3, 0.4) is 0 Å². The number of hydrogen-bond donors (Lipinski definition) is 2. The molecule has 6 aromatic rings. The summed E-state index contributed by atoms with van der Waals surface area (Å²) in [5.74, 6) is 1.53. The Labute approximate surface area is 264 Å². The molecule has 7 rings (SSSR count). The summed E-state index contributed by atoms with van der Waals surface area (Å²) in [5.41, 5.74) is 11.3. The van der Waals surface area contributed by atoms with Crippen LogP contribution in [0.1, 0.15) is 24.2 Å². The third kappa shape index (κ3) is 5.64. The van der Waals surface area contributed by atoms with Crippen LogP contribution in [0.5, 0.6) is 0 Å². The molecular weight excluding hydrogens is 580 g/mol. The van der Waals surface area contributed by atoms with Crippen molar-refractivity contribution in [2.75, 3.05) is 24.1 Å². The van der Waals surface area contributed by atoms with Gasteiger partial charge in [0.25, 0.3) is 5.56 Å². The number of pyridine rings is 3. The Hall–Kier alpha value is -6.00. The number of nitrogens with two attached hydrogens (primary N) is 1. The van der Waals surface area contributed by atoms with Crippen LogP contribution in [0.4, 0.5) is 11.8 Å². The number of nitrogens with one attached hydrogen (secondary N) is 1. The average Bonchev–Trinajstić information content (AvgIpc) is 3.46. The van der Waals surface area contributed by atoms with E-state index in [2.05, 4.69) is 54.4 Å². The molecule has 1 aromatic carbocycles. The lowest BCUT2D eigenvalue weighted by Crippen LogP contribution is -2.39. The lowest BCUT2D eigenvalue weighted by atomic mass is 10.0. The van der Waals surface area contributed by atoms with Crippen molar-refractivity contribution in [1.82, 2.24) is 43.9 Å². The van der Waals surface area contributed by atoms with Crippen molar-refractivity contribution in [3.05, 3.63) is 101 Å². The molecular formula is C33H30N12O. The number of piperidine rings is 1. The topological polar surface area (TPSA) is 169 Å². The number of nitrogens with zero attached hydrogens (tertiary/aromatic N) is 10. The molecule has 0 unspecified atom stereocenters. The highest BCUT2D eigenvalue weighted by Gasteiger charge is 2.22. The van der Waals surface area contributed by atoms with Gasteiger partial charge >= 0.3 is 0 Å². The summed E-state index contributed by atoms with van der Waals surface area (Å²) in [6.45, 7) is 2.64. The lowest BCUT2D eigenvalue weighted by Gasteiger charge is -2.32. The summed E-state index contributed by atoms with van der Waals surface area (Å²) < 4.78 is 3.51. The zero-order chi connectivity index (χ0) is 31.6. The second-order valence-corrected chi connectivity index (χ2v) is 11.2. The number of fused-ring (bicyclic) bond motifs is 1. The Kier molecular flexibility index (Phi) is 7.61. The van der Waals surface area contributed by atoms with Gasteiger partial charge < -0.3 is 15.6 Å². The van der Waals surface area contributed by atoms with E-state index in [4.69, 9.17) is 21.0 Å². The van der Waals surface area contributed by atoms with Gasteiger partial charge in [0.2, 0.25) is 11.8 Å². The molecule has 1 aliphatic rings. The van der Waals surface area contributed by atoms with Gasteiger partial charge in [-0.05, 0) is 66.9 Å². The molecule has 13 heteroatoms. The summed E-state index contributed by atoms with van der Waals surface area (Å²) in [6.07, 6.45) is 6.59. The molecule has 0 amide bonds. The highest BCUT2D eigenvalue weighted by molar-refractivity contribution is 5.84.